The van der Waals surface area contributed by atoms with E-state index in [9.17, 15) is 9.18 Å². The zero-order chi connectivity index (χ0) is 12.5. The van der Waals surface area contributed by atoms with Crippen LogP contribution < -0.4 is 4.90 Å². The van der Waals surface area contributed by atoms with E-state index in [2.05, 4.69) is 4.98 Å². The van der Waals surface area contributed by atoms with Gasteiger partial charge in [0.25, 0.3) is 0 Å². The van der Waals surface area contributed by atoms with Gasteiger partial charge in [-0.2, -0.15) is 0 Å². The number of carbonyl (C=O) groups is 1. The van der Waals surface area contributed by atoms with Crippen LogP contribution in [0.2, 0.25) is 0 Å². The van der Waals surface area contributed by atoms with Crippen molar-refractivity contribution in [1.29, 1.82) is 0 Å². The van der Waals surface area contributed by atoms with Gasteiger partial charge >= 0.3 is 0 Å². The zero-order valence-corrected chi connectivity index (χ0v) is 10.4. The van der Waals surface area contributed by atoms with Gasteiger partial charge in [-0.25, -0.2) is 9.37 Å². The molecule has 0 aliphatic carbocycles. The van der Waals surface area contributed by atoms with Crippen molar-refractivity contribution in [1.82, 2.24) is 4.98 Å². The van der Waals surface area contributed by atoms with Gasteiger partial charge in [0.2, 0.25) is 5.91 Å². The van der Waals surface area contributed by atoms with Crippen LogP contribution in [0.25, 0.3) is 11.3 Å². The number of benzene rings is 1. The number of hydrogen-bond donors (Lipinski definition) is 0. The van der Waals surface area contributed by atoms with Crippen molar-refractivity contribution in [2.45, 2.75) is 12.8 Å². The molecule has 0 atom stereocenters. The van der Waals surface area contributed by atoms with Crippen molar-refractivity contribution in [3.8, 4) is 11.3 Å². The van der Waals surface area contributed by atoms with E-state index in [1.807, 2.05) is 5.38 Å². The Morgan fingerprint density at radius 2 is 2.06 bits per heavy atom. The Kier molecular flexibility index (Phi) is 2.83. The fraction of sp³-hybridized carbons (Fsp3) is 0.231. The summed E-state index contributed by atoms with van der Waals surface area (Å²) in [4.78, 5) is 17.8. The van der Waals surface area contributed by atoms with Crippen molar-refractivity contribution in [3.05, 3.63) is 35.5 Å². The summed E-state index contributed by atoms with van der Waals surface area (Å²) in [5.74, 6) is -0.126. The lowest BCUT2D eigenvalue weighted by Crippen LogP contribution is -2.23. The molecule has 1 aromatic heterocycles. The Morgan fingerprint density at radius 1 is 1.28 bits per heavy atom. The van der Waals surface area contributed by atoms with Gasteiger partial charge in [-0.1, -0.05) is 0 Å². The molecule has 0 saturated carbocycles. The molecule has 1 fully saturated rings. The Bertz CT molecular complexity index is 579. The Hall–Kier alpha value is -1.75. The molecule has 0 bridgehead atoms. The standard InChI is InChI=1S/C13H11FN2OS/c14-10-5-3-9(4-6-10)11-8-18-13(15-11)16-7-1-2-12(16)17/h3-6,8H,1-2,7H2. The maximum Gasteiger partial charge on any atom is 0.228 e. The number of halogens is 1. The fourth-order valence-corrected chi connectivity index (χ4v) is 2.87. The normalized spacial score (nSPS) is 15.4. The SMILES string of the molecule is O=C1CCCN1c1nc(-c2ccc(F)cc2)cs1. The smallest absolute Gasteiger partial charge is 0.228 e. The van der Waals surface area contributed by atoms with Crippen molar-refractivity contribution in [2.75, 3.05) is 11.4 Å². The number of hydrogen-bond acceptors (Lipinski definition) is 3. The molecule has 3 nitrogen and oxygen atoms in total. The van der Waals surface area contributed by atoms with Gasteiger partial charge in [0.1, 0.15) is 5.82 Å². The molecule has 0 N–H and O–H groups in total. The molecule has 3 rings (SSSR count). The van der Waals surface area contributed by atoms with E-state index < -0.39 is 0 Å². The highest BCUT2D eigenvalue weighted by atomic mass is 32.1. The summed E-state index contributed by atoms with van der Waals surface area (Å²) in [6.45, 7) is 0.745. The molecule has 0 radical (unpaired) electrons. The molecule has 0 spiro atoms. The molecule has 0 unspecified atom stereocenters. The highest BCUT2D eigenvalue weighted by Gasteiger charge is 2.24. The molecule has 5 heteroatoms. The van der Waals surface area contributed by atoms with E-state index in [4.69, 9.17) is 0 Å². The lowest BCUT2D eigenvalue weighted by Gasteiger charge is -2.10. The van der Waals surface area contributed by atoms with Gasteiger partial charge in [-0.15, -0.1) is 11.3 Å². The van der Waals surface area contributed by atoms with Gasteiger partial charge in [0, 0.05) is 23.9 Å². The van der Waals surface area contributed by atoms with Gasteiger partial charge in [0.15, 0.2) is 5.13 Å². The third-order valence-electron chi connectivity index (χ3n) is 2.94. The summed E-state index contributed by atoms with van der Waals surface area (Å²) < 4.78 is 12.8. The Morgan fingerprint density at radius 3 is 2.72 bits per heavy atom. The predicted molar refractivity (Wildman–Crippen MR) is 69.1 cm³/mol. The molecule has 1 aliphatic rings. The molecule has 1 aliphatic heterocycles. The molecular weight excluding hydrogens is 251 g/mol. The first-order valence-electron chi connectivity index (χ1n) is 5.76. The van der Waals surface area contributed by atoms with Crippen LogP contribution >= 0.6 is 11.3 Å². The van der Waals surface area contributed by atoms with Crippen LogP contribution in [-0.4, -0.2) is 17.4 Å². The highest BCUT2D eigenvalue weighted by molar-refractivity contribution is 7.14. The summed E-state index contributed by atoms with van der Waals surface area (Å²) >= 11 is 1.45. The van der Waals surface area contributed by atoms with Gasteiger partial charge < -0.3 is 0 Å². The number of thiazole rings is 1. The fourth-order valence-electron chi connectivity index (χ4n) is 1.99. The highest BCUT2D eigenvalue weighted by Crippen LogP contribution is 2.29. The van der Waals surface area contributed by atoms with E-state index >= 15 is 0 Å². The van der Waals surface area contributed by atoms with E-state index in [0.717, 1.165) is 29.4 Å². The number of carbonyl (C=O) groups excluding carboxylic acids is 1. The topological polar surface area (TPSA) is 33.2 Å². The van der Waals surface area contributed by atoms with E-state index in [1.54, 1.807) is 17.0 Å². The maximum atomic E-state index is 12.8. The largest absolute Gasteiger partial charge is 0.288 e. The predicted octanol–water partition coefficient (Wildman–Crippen LogP) is 3.08. The minimum Gasteiger partial charge on any atom is -0.288 e. The average Bonchev–Trinajstić information content (AvgIpc) is 2.98. The second-order valence-electron chi connectivity index (χ2n) is 4.17. The molecule has 1 saturated heterocycles. The van der Waals surface area contributed by atoms with E-state index in [1.165, 1.54) is 23.5 Å². The summed E-state index contributed by atoms with van der Waals surface area (Å²) in [6, 6.07) is 6.21. The first-order valence-corrected chi connectivity index (χ1v) is 6.64. The first kappa shape index (κ1) is 11.3. The number of nitrogens with zero attached hydrogens (tertiary/aromatic N) is 2. The van der Waals surface area contributed by atoms with Crippen molar-refractivity contribution < 1.29 is 9.18 Å². The lowest BCUT2D eigenvalue weighted by molar-refractivity contribution is -0.117. The number of amides is 1. The van der Waals surface area contributed by atoms with E-state index in [0.29, 0.717) is 6.42 Å². The third kappa shape index (κ3) is 2.01. The van der Waals surface area contributed by atoms with Crippen LogP contribution in [0, 0.1) is 5.82 Å². The average molecular weight is 262 g/mol. The van der Waals surface area contributed by atoms with Crippen LogP contribution in [-0.2, 0) is 4.79 Å². The number of aromatic nitrogens is 1. The summed E-state index contributed by atoms with van der Waals surface area (Å²) in [5.41, 5.74) is 1.65. The second kappa shape index (κ2) is 4.49. The molecule has 1 aromatic carbocycles. The zero-order valence-electron chi connectivity index (χ0n) is 9.60. The van der Waals surface area contributed by atoms with Crippen molar-refractivity contribution in [2.24, 2.45) is 0 Å². The van der Waals surface area contributed by atoms with Crippen LogP contribution in [0.1, 0.15) is 12.8 Å². The maximum absolute atomic E-state index is 12.8. The number of rotatable bonds is 2. The minimum atomic E-state index is -0.260. The summed E-state index contributed by atoms with van der Waals surface area (Å²) in [7, 11) is 0. The van der Waals surface area contributed by atoms with E-state index in [-0.39, 0.29) is 11.7 Å². The van der Waals surface area contributed by atoms with Gasteiger partial charge in [-0.3, -0.25) is 9.69 Å². The van der Waals surface area contributed by atoms with Gasteiger partial charge in [0.05, 0.1) is 5.69 Å². The minimum absolute atomic E-state index is 0.134. The van der Waals surface area contributed by atoms with Crippen LogP contribution in [0.3, 0.4) is 0 Å². The van der Waals surface area contributed by atoms with Crippen molar-refractivity contribution >= 4 is 22.4 Å². The molecular formula is C13H11FN2OS. The quantitative estimate of drug-likeness (QED) is 0.833. The summed E-state index contributed by atoms with van der Waals surface area (Å²) in [6.07, 6.45) is 1.50. The molecule has 18 heavy (non-hydrogen) atoms. The second-order valence-corrected chi connectivity index (χ2v) is 5.01. The number of anilines is 1. The van der Waals surface area contributed by atoms with Gasteiger partial charge in [-0.05, 0) is 30.7 Å². The monoisotopic (exact) mass is 262 g/mol. The molecule has 2 aromatic rings. The van der Waals surface area contributed by atoms with Crippen molar-refractivity contribution in [3.63, 3.8) is 0 Å². The van der Waals surface area contributed by atoms with Crippen LogP contribution in [0.5, 0.6) is 0 Å². The Labute approximate surface area is 108 Å². The summed E-state index contributed by atoms with van der Waals surface area (Å²) in [5, 5.41) is 2.63. The van der Waals surface area contributed by atoms with Crippen LogP contribution in [0.15, 0.2) is 29.6 Å². The lowest BCUT2D eigenvalue weighted by atomic mass is 10.2. The third-order valence-corrected chi connectivity index (χ3v) is 3.80. The molecule has 1 amide bonds. The Balaban J connectivity index is 1.89. The van der Waals surface area contributed by atoms with Crippen LogP contribution in [0.4, 0.5) is 9.52 Å². The molecule has 92 valence electrons. The molecule has 2 heterocycles. The first-order chi connectivity index (χ1) is 8.74.